The van der Waals surface area contributed by atoms with Gasteiger partial charge in [0.15, 0.2) is 5.78 Å². The minimum absolute atomic E-state index is 0.155. The van der Waals surface area contributed by atoms with E-state index < -0.39 is 5.60 Å². The Hall–Kier alpha value is -2.50. The van der Waals surface area contributed by atoms with Gasteiger partial charge in [0.1, 0.15) is 5.60 Å². The lowest BCUT2D eigenvalue weighted by Crippen LogP contribution is -2.56. The smallest absolute Gasteiger partial charge is 0.338 e. The molecule has 5 heteroatoms. The molecule has 1 N–H and O–H groups in total. The normalized spacial score (nSPS) is 24.2. The Morgan fingerprint density at radius 2 is 1.66 bits per heavy atom. The number of nitrogens with one attached hydrogen (secondary N) is 1. The van der Waals surface area contributed by atoms with Crippen molar-refractivity contribution in [3.8, 4) is 0 Å². The highest BCUT2D eigenvalue weighted by atomic mass is 16.6. The number of benzene rings is 2. The summed E-state index contributed by atoms with van der Waals surface area (Å²) in [7, 11) is 0. The van der Waals surface area contributed by atoms with Crippen LogP contribution in [0.15, 0.2) is 54.6 Å². The molecule has 0 amide bonds. The maximum Gasteiger partial charge on any atom is 0.338 e. The zero-order valence-corrected chi connectivity index (χ0v) is 21.6. The first-order chi connectivity index (χ1) is 16.7. The molecule has 188 valence electrons. The number of carbonyl (C=O) groups excluding carboxylic acids is 2. The largest absolute Gasteiger partial charge is 0.456 e. The van der Waals surface area contributed by atoms with Crippen LogP contribution in [-0.4, -0.2) is 54.0 Å². The second kappa shape index (κ2) is 11.0. The second-order valence-corrected chi connectivity index (χ2v) is 11.4. The van der Waals surface area contributed by atoms with Crippen LogP contribution in [0.3, 0.4) is 0 Å². The molecule has 0 aromatic heterocycles. The van der Waals surface area contributed by atoms with Gasteiger partial charge in [-0.15, -0.1) is 0 Å². The number of hydrogen-bond acceptors (Lipinski definition) is 5. The molecular weight excluding hydrogens is 436 g/mol. The lowest BCUT2D eigenvalue weighted by atomic mass is 9.79. The van der Waals surface area contributed by atoms with E-state index in [0.29, 0.717) is 18.0 Å². The minimum atomic E-state index is -0.533. The molecule has 0 bridgehead atoms. The molecule has 0 spiro atoms. The minimum Gasteiger partial charge on any atom is -0.456 e. The van der Waals surface area contributed by atoms with Gasteiger partial charge in [-0.05, 0) is 82.3 Å². The van der Waals surface area contributed by atoms with E-state index in [2.05, 4.69) is 41.4 Å². The number of likely N-dealkylation sites (tertiary alicyclic amines) is 1. The van der Waals surface area contributed by atoms with Gasteiger partial charge in [0.2, 0.25) is 0 Å². The van der Waals surface area contributed by atoms with Crippen LogP contribution in [0.25, 0.3) is 0 Å². The van der Waals surface area contributed by atoms with Gasteiger partial charge in [0.05, 0.1) is 11.6 Å². The predicted octanol–water partition coefficient (Wildman–Crippen LogP) is 5.00. The van der Waals surface area contributed by atoms with Crippen LogP contribution in [0.5, 0.6) is 0 Å². The highest BCUT2D eigenvalue weighted by Gasteiger charge is 2.38. The first-order valence-electron chi connectivity index (χ1n) is 13.1. The number of carbonyl (C=O) groups is 2. The van der Waals surface area contributed by atoms with Gasteiger partial charge in [0.25, 0.3) is 0 Å². The zero-order valence-electron chi connectivity index (χ0n) is 21.6. The molecule has 2 aliphatic heterocycles. The Balaban J connectivity index is 1.44. The molecule has 3 atom stereocenters. The van der Waals surface area contributed by atoms with E-state index >= 15 is 0 Å². The third kappa shape index (κ3) is 6.80. The number of rotatable bonds is 6. The third-order valence-electron chi connectivity index (χ3n) is 7.38. The number of nitrogens with zero attached hydrogens (tertiary/aromatic N) is 1. The fraction of sp³-hybridized carbons (Fsp3) is 0.533. The van der Waals surface area contributed by atoms with Crippen molar-refractivity contribution in [2.75, 3.05) is 19.6 Å². The number of ether oxygens (including phenoxy) is 1. The average Bonchev–Trinajstić information content (AvgIpc) is 2.84. The van der Waals surface area contributed by atoms with Crippen molar-refractivity contribution in [1.82, 2.24) is 10.2 Å². The Bertz CT molecular complexity index is 989. The van der Waals surface area contributed by atoms with Gasteiger partial charge in [-0.1, -0.05) is 49.4 Å². The summed E-state index contributed by atoms with van der Waals surface area (Å²) in [6, 6.07) is 18.0. The van der Waals surface area contributed by atoms with Gasteiger partial charge < -0.3 is 10.1 Å². The molecule has 2 aliphatic rings. The fourth-order valence-electron chi connectivity index (χ4n) is 5.36. The zero-order chi connectivity index (χ0) is 25.0. The maximum atomic E-state index is 13.5. The molecule has 2 aromatic rings. The summed E-state index contributed by atoms with van der Waals surface area (Å²) < 4.78 is 5.45. The van der Waals surface area contributed by atoms with Crippen molar-refractivity contribution in [1.29, 1.82) is 0 Å². The van der Waals surface area contributed by atoms with E-state index in [1.165, 1.54) is 18.4 Å². The number of piperidine rings is 2. The summed E-state index contributed by atoms with van der Waals surface area (Å²) in [6.45, 7) is 11.1. The molecule has 35 heavy (non-hydrogen) atoms. The van der Waals surface area contributed by atoms with Crippen LogP contribution in [-0.2, 0) is 16.0 Å². The summed E-state index contributed by atoms with van der Waals surface area (Å²) in [6.07, 6.45) is 3.86. The van der Waals surface area contributed by atoms with Crippen LogP contribution in [0, 0.1) is 5.92 Å². The topological polar surface area (TPSA) is 58.6 Å². The molecule has 0 saturated carbocycles. The van der Waals surface area contributed by atoms with Crippen molar-refractivity contribution in [2.24, 2.45) is 5.92 Å². The van der Waals surface area contributed by atoms with E-state index in [1.807, 2.05) is 39.0 Å². The number of esters is 1. The molecule has 2 aromatic carbocycles. The molecule has 2 fully saturated rings. The summed E-state index contributed by atoms with van der Waals surface area (Å²) in [4.78, 5) is 28.5. The molecule has 2 heterocycles. The lowest BCUT2D eigenvalue weighted by molar-refractivity contribution is -0.121. The molecule has 0 radical (unpaired) electrons. The molecule has 0 unspecified atom stereocenters. The summed E-state index contributed by atoms with van der Waals surface area (Å²) in [5.74, 6) is 0.827. The van der Waals surface area contributed by atoms with E-state index in [1.54, 1.807) is 12.1 Å². The highest BCUT2D eigenvalue weighted by Crippen LogP contribution is 2.32. The van der Waals surface area contributed by atoms with E-state index in [9.17, 15) is 9.59 Å². The maximum absolute atomic E-state index is 13.5. The van der Waals surface area contributed by atoms with Crippen molar-refractivity contribution in [3.63, 3.8) is 0 Å². The van der Waals surface area contributed by atoms with Crippen LogP contribution in [0.4, 0.5) is 0 Å². The van der Waals surface area contributed by atoms with E-state index in [-0.39, 0.29) is 23.7 Å². The molecule has 5 nitrogen and oxygen atoms in total. The Morgan fingerprint density at radius 1 is 1.00 bits per heavy atom. The number of ketones is 1. The highest BCUT2D eigenvalue weighted by molar-refractivity contribution is 5.90. The number of hydrogen-bond donors (Lipinski definition) is 1. The average molecular weight is 477 g/mol. The third-order valence-corrected chi connectivity index (χ3v) is 7.38. The Labute approximate surface area is 210 Å². The monoisotopic (exact) mass is 476 g/mol. The first-order valence-corrected chi connectivity index (χ1v) is 13.1. The van der Waals surface area contributed by atoms with Gasteiger partial charge in [-0.3, -0.25) is 9.69 Å². The first kappa shape index (κ1) is 25.6. The van der Waals surface area contributed by atoms with Crippen LogP contribution >= 0.6 is 0 Å². The van der Waals surface area contributed by atoms with Crippen molar-refractivity contribution in [3.05, 3.63) is 71.3 Å². The second-order valence-electron chi connectivity index (χ2n) is 11.4. The van der Waals surface area contributed by atoms with Crippen LogP contribution in [0.2, 0.25) is 0 Å². The SMILES string of the molecule is CC1CCN([C@@H]2CN[C@H](C(=O)Cc3ccc(C(=O)OC(C)(C)C)cc3)[C@H](c3ccccc3)C2)CC1. The Kier molecular flexibility index (Phi) is 8.08. The van der Waals surface area contributed by atoms with Crippen molar-refractivity contribution >= 4 is 11.8 Å². The van der Waals surface area contributed by atoms with Crippen molar-refractivity contribution < 1.29 is 14.3 Å². The Morgan fingerprint density at radius 3 is 2.29 bits per heavy atom. The number of Topliss-reactive ketones (excluding diaryl/α,β-unsaturated/α-hetero) is 1. The molecular formula is C30H40N2O3. The van der Waals surface area contributed by atoms with Gasteiger partial charge >= 0.3 is 5.97 Å². The summed E-state index contributed by atoms with van der Waals surface area (Å²) in [5.41, 5.74) is 2.12. The standard InChI is InChI=1S/C30H40N2O3/c1-21-14-16-32(17-15-21)25-19-26(23-8-6-5-7-9-23)28(31-20-25)27(33)18-22-10-12-24(13-11-22)29(34)35-30(2,3)4/h5-13,21,25-26,28,31H,14-20H2,1-4H3/t25-,26-,28-/m0/s1. The van der Waals surface area contributed by atoms with E-state index in [4.69, 9.17) is 4.74 Å². The molecule has 2 saturated heterocycles. The summed E-state index contributed by atoms with van der Waals surface area (Å²) >= 11 is 0. The van der Waals surface area contributed by atoms with Crippen molar-refractivity contribution in [2.45, 2.75) is 77.0 Å². The quantitative estimate of drug-likeness (QED) is 0.595. The van der Waals surface area contributed by atoms with Gasteiger partial charge in [0, 0.05) is 24.9 Å². The predicted molar refractivity (Wildman–Crippen MR) is 140 cm³/mol. The summed E-state index contributed by atoms with van der Waals surface area (Å²) in [5, 5.41) is 3.64. The van der Waals surface area contributed by atoms with Gasteiger partial charge in [-0.2, -0.15) is 0 Å². The van der Waals surface area contributed by atoms with Gasteiger partial charge in [-0.25, -0.2) is 4.79 Å². The lowest BCUT2D eigenvalue weighted by Gasteiger charge is -2.44. The van der Waals surface area contributed by atoms with Crippen LogP contribution < -0.4 is 5.32 Å². The molecule has 0 aliphatic carbocycles. The fourth-order valence-corrected chi connectivity index (χ4v) is 5.36. The van der Waals surface area contributed by atoms with Crippen LogP contribution in [0.1, 0.15) is 74.4 Å². The van der Waals surface area contributed by atoms with E-state index in [0.717, 1.165) is 37.5 Å². The molecule has 4 rings (SSSR count).